The van der Waals surface area contributed by atoms with Crippen molar-refractivity contribution in [3.63, 3.8) is 0 Å². The third-order valence-corrected chi connectivity index (χ3v) is 3.91. The molecule has 1 amide bonds. The smallest absolute Gasteiger partial charge is 0.255 e. The number of aromatic nitrogens is 1. The number of hydrogen-bond acceptors (Lipinski definition) is 4. The Balaban J connectivity index is 1.59. The average molecular weight is 347 g/mol. The van der Waals surface area contributed by atoms with Crippen LogP contribution >= 0.6 is 0 Å². The van der Waals surface area contributed by atoms with E-state index in [1.807, 2.05) is 18.2 Å². The maximum Gasteiger partial charge on any atom is 0.255 e. The van der Waals surface area contributed by atoms with Crippen LogP contribution in [-0.4, -0.2) is 18.0 Å². The average Bonchev–Trinajstić information content (AvgIpc) is 2.67. The lowest BCUT2D eigenvalue weighted by Crippen LogP contribution is -2.12. The van der Waals surface area contributed by atoms with Crippen molar-refractivity contribution in [2.75, 3.05) is 17.7 Å². The zero-order valence-electron chi connectivity index (χ0n) is 14.8. The lowest BCUT2D eigenvalue weighted by atomic mass is 10.1. The van der Waals surface area contributed by atoms with Gasteiger partial charge in [-0.3, -0.25) is 4.79 Å². The molecule has 26 heavy (non-hydrogen) atoms. The zero-order chi connectivity index (χ0) is 18.4. The Morgan fingerprint density at radius 3 is 2.65 bits per heavy atom. The largest absolute Gasteiger partial charge is 0.497 e. The predicted octanol–water partition coefficient (Wildman–Crippen LogP) is 4.26. The van der Waals surface area contributed by atoms with Crippen LogP contribution in [0.2, 0.25) is 0 Å². The molecule has 0 atom stereocenters. The van der Waals surface area contributed by atoms with Gasteiger partial charge < -0.3 is 15.4 Å². The van der Waals surface area contributed by atoms with Crippen LogP contribution in [-0.2, 0) is 6.54 Å². The van der Waals surface area contributed by atoms with Crippen LogP contribution in [0.4, 0.5) is 11.5 Å². The SMILES string of the molecule is COc1cccc(C(=O)Nc2ccc(NCc3cccc(C)c3)nc2)c1. The molecule has 0 fully saturated rings. The van der Waals surface area contributed by atoms with Gasteiger partial charge in [-0.25, -0.2) is 4.98 Å². The first kappa shape index (κ1) is 17.5. The van der Waals surface area contributed by atoms with E-state index in [1.165, 1.54) is 11.1 Å². The molecule has 0 bridgehead atoms. The molecule has 2 aromatic carbocycles. The van der Waals surface area contributed by atoms with Crippen molar-refractivity contribution in [1.82, 2.24) is 4.98 Å². The maximum atomic E-state index is 12.3. The quantitative estimate of drug-likeness (QED) is 0.699. The number of benzene rings is 2. The van der Waals surface area contributed by atoms with Crippen molar-refractivity contribution >= 4 is 17.4 Å². The molecule has 132 valence electrons. The summed E-state index contributed by atoms with van der Waals surface area (Å²) in [6.45, 7) is 2.77. The fourth-order valence-electron chi connectivity index (χ4n) is 2.55. The number of carbonyl (C=O) groups is 1. The van der Waals surface area contributed by atoms with Crippen LogP contribution < -0.4 is 15.4 Å². The highest BCUT2D eigenvalue weighted by molar-refractivity contribution is 6.04. The van der Waals surface area contributed by atoms with E-state index in [0.29, 0.717) is 23.5 Å². The highest BCUT2D eigenvalue weighted by Gasteiger charge is 2.07. The molecule has 5 nitrogen and oxygen atoms in total. The summed E-state index contributed by atoms with van der Waals surface area (Å²) in [5, 5.41) is 6.11. The number of methoxy groups -OCH3 is 1. The summed E-state index contributed by atoms with van der Waals surface area (Å²) < 4.78 is 5.14. The van der Waals surface area contributed by atoms with Gasteiger partial charge in [-0.05, 0) is 42.8 Å². The first-order chi connectivity index (χ1) is 12.6. The van der Waals surface area contributed by atoms with Crippen LogP contribution in [0.1, 0.15) is 21.5 Å². The molecule has 3 aromatic rings. The fourth-order valence-corrected chi connectivity index (χ4v) is 2.55. The summed E-state index contributed by atoms with van der Waals surface area (Å²) in [5.41, 5.74) is 3.60. The van der Waals surface area contributed by atoms with E-state index in [2.05, 4.69) is 40.7 Å². The number of hydrogen-bond donors (Lipinski definition) is 2. The monoisotopic (exact) mass is 347 g/mol. The third-order valence-electron chi connectivity index (χ3n) is 3.91. The molecule has 1 aromatic heterocycles. The van der Waals surface area contributed by atoms with Crippen molar-refractivity contribution in [3.05, 3.63) is 83.6 Å². The third kappa shape index (κ3) is 4.60. The second-order valence-corrected chi connectivity index (χ2v) is 5.96. The molecule has 0 radical (unpaired) electrons. The second-order valence-electron chi connectivity index (χ2n) is 5.96. The lowest BCUT2D eigenvalue weighted by molar-refractivity contribution is 0.102. The standard InChI is InChI=1S/C21H21N3O2/c1-15-5-3-6-16(11-15)13-22-20-10-9-18(14-23-20)24-21(25)17-7-4-8-19(12-17)26-2/h3-12,14H,13H2,1-2H3,(H,22,23)(H,24,25). The minimum absolute atomic E-state index is 0.203. The van der Waals surface area contributed by atoms with Crippen molar-refractivity contribution in [1.29, 1.82) is 0 Å². The van der Waals surface area contributed by atoms with E-state index >= 15 is 0 Å². The molecule has 0 saturated carbocycles. The number of ether oxygens (including phenoxy) is 1. The molecule has 3 rings (SSSR count). The molecule has 0 aliphatic heterocycles. The molecular weight excluding hydrogens is 326 g/mol. The number of anilines is 2. The van der Waals surface area contributed by atoms with Gasteiger partial charge in [0.25, 0.3) is 5.91 Å². The van der Waals surface area contributed by atoms with Gasteiger partial charge in [0.1, 0.15) is 11.6 Å². The molecule has 0 aliphatic rings. The number of amides is 1. The van der Waals surface area contributed by atoms with Gasteiger partial charge in [-0.2, -0.15) is 0 Å². The Kier molecular flexibility index (Phi) is 5.49. The van der Waals surface area contributed by atoms with E-state index in [-0.39, 0.29) is 5.91 Å². The molecule has 2 N–H and O–H groups in total. The minimum Gasteiger partial charge on any atom is -0.497 e. The highest BCUT2D eigenvalue weighted by Crippen LogP contribution is 2.16. The second kappa shape index (κ2) is 8.16. The highest BCUT2D eigenvalue weighted by atomic mass is 16.5. The fraction of sp³-hybridized carbons (Fsp3) is 0.143. The normalized spacial score (nSPS) is 10.2. The Morgan fingerprint density at radius 2 is 1.92 bits per heavy atom. The summed E-state index contributed by atoms with van der Waals surface area (Å²) in [6, 6.07) is 19.0. The van der Waals surface area contributed by atoms with Crippen molar-refractivity contribution < 1.29 is 9.53 Å². The predicted molar refractivity (Wildman–Crippen MR) is 104 cm³/mol. The zero-order valence-corrected chi connectivity index (χ0v) is 14.8. The van der Waals surface area contributed by atoms with E-state index in [0.717, 1.165) is 5.82 Å². The number of nitrogens with zero attached hydrogens (tertiary/aromatic N) is 1. The van der Waals surface area contributed by atoms with Gasteiger partial charge >= 0.3 is 0 Å². The van der Waals surface area contributed by atoms with E-state index in [9.17, 15) is 4.79 Å². The van der Waals surface area contributed by atoms with Gasteiger partial charge in [-0.1, -0.05) is 35.9 Å². The van der Waals surface area contributed by atoms with E-state index in [1.54, 1.807) is 37.6 Å². The summed E-state index contributed by atoms with van der Waals surface area (Å²) in [4.78, 5) is 16.6. The van der Waals surface area contributed by atoms with Crippen LogP contribution in [0, 0.1) is 6.92 Å². The molecule has 0 saturated heterocycles. The number of nitrogens with one attached hydrogen (secondary N) is 2. The molecule has 0 aliphatic carbocycles. The summed E-state index contributed by atoms with van der Waals surface area (Å²) in [7, 11) is 1.57. The molecule has 0 unspecified atom stereocenters. The Hall–Kier alpha value is -3.34. The number of carbonyl (C=O) groups excluding carboxylic acids is 1. The van der Waals surface area contributed by atoms with Gasteiger partial charge in [0.2, 0.25) is 0 Å². The van der Waals surface area contributed by atoms with Crippen LogP contribution in [0.3, 0.4) is 0 Å². The van der Waals surface area contributed by atoms with Gasteiger partial charge in [-0.15, -0.1) is 0 Å². The number of pyridine rings is 1. The number of rotatable bonds is 6. The van der Waals surface area contributed by atoms with Crippen molar-refractivity contribution in [2.24, 2.45) is 0 Å². The first-order valence-corrected chi connectivity index (χ1v) is 8.35. The Morgan fingerprint density at radius 1 is 1.08 bits per heavy atom. The van der Waals surface area contributed by atoms with Gasteiger partial charge in [0, 0.05) is 12.1 Å². The minimum atomic E-state index is -0.203. The lowest BCUT2D eigenvalue weighted by Gasteiger charge is -2.09. The van der Waals surface area contributed by atoms with Gasteiger partial charge in [0.15, 0.2) is 0 Å². The number of aryl methyl sites for hydroxylation is 1. The maximum absolute atomic E-state index is 12.3. The summed E-state index contributed by atoms with van der Waals surface area (Å²) >= 11 is 0. The van der Waals surface area contributed by atoms with Crippen molar-refractivity contribution in [2.45, 2.75) is 13.5 Å². The molecular formula is C21H21N3O2. The molecule has 1 heterocycles. The van der Waals surface area contributed by atoms with Gasteiger partial charge in [0.05, 0.1) is 19.0 Å². The van der Waals surface area contributed by atoms with E-state index < -0.39 is 0 Å². The summed E-state index contributed by atoms with van der Waals surface area (Å²) in [6.07, 6.45) is 1.64. The molecule has 0 spiro atoms. The van der Waals surface area contributed by atoms with E-state index in [4.69, 9.17) is 4.74 Å². The first-order valence-electron chi connectivity index (χ1n) is 8.35. The van der Waals surface area contributed by atoms with Crippen molar-refractivity contribution in [3.8, 4) is 5.75 Å². The Bertz CT molecular complexity index is 892. The Labute approximate surface area is 153 Å². The topological polar surface area (TPSA) is 63.2 Å². The molecule has 5 heteroatoms. The van der Waals surface area contributed by atoms with Crippen LogP contribution in [0.5, 0.6) is 5.75 Å². The summed E-state index contributed by atoms with van der Waals surface area (Å²) in [5.74, 6) is 1.20. The van der Waals surface area contributed by atoms with Crippen LogP contribution in [0.25, 0.3) is 0 Å². The van der Waals surface area contributed by atoms with Crippen LogP contribution in [0.15, 0.2) is 66.9 Å².